The first-order valence-electron chi connectivity index (χ1n) is 4.94. The fourth-order valence-electron chi connectivity index (χ4n) is 1.82. The van der Waals surface area contributed by atoms with Crippen molar-refractivity contribution in [1.82, 2.24) is 0 Å². The number of fused-ring (bicyclic) bond motifs is 1. The molecule has 0 amide bonds. The number of nitrogens with zero attached hydrogens (tertiary/aromatic N) is 1. The molecule has 0 radical (unpaired) electrons. The molecule has 1 aliphatic rings. The average Bonchev–Trinajstić information content (AvgIpc) is 2.68. The van der Waals surface area contributed by atoms with Crippen LogP contribution in [-0.4, -0.2) is 11.3 Å². The zero-order valence-corrected chi connectivity index (χ0v) is 9.69. The maximum absolute atomic E-state index is 12.0. The molecule has 0 spiro atoms. The number of carbonyl (C=O) groups is 1. The molecule has 0 fully saturated rings. The van der Waals surface area contributed by atoms with Crippen LogP contribution in [0.3, 0.4) is 0 Å². The minimum Gasteiger partial charge on any atom is -0.416 e. The molecule has 0 atom stereocenters. The van der Waals surface area contributed by atoms with E-state index >= 15 is 0 Å². The number of rotatable bonds is 2. The van der Waals surface area contributed by atoms with Crippen molar-refractivity contribution in [3.05, 3.63) is 28.8 Å². The van der Waals surface area contributed by atoms with Crippen LogP contribution in [-0.2, 0) is 6.42 Å². The van der Waals surface area contributed by atoms with Crippen molar-refractivity contribution >= 4 is 17.8 Å². The molecule has 0 saturated heterocycles. The molecule has 0 bridgehead atoms. The van der Waals surface area contributed by atoms with E-state index in [4.69, 9.17) is 5.26 Å². The Balaban J connectivity index is 2.36. The van der Waals surface area contributed by atoms with E-state index in [0.29, 0.717) is 17.5 Å². The predicted octanol–water partition coefficient (Wildman–Crippen LogP) is 3.23. The molecule has 0 saturated carbocycles. The van der Waals surface area contributed by atoms with Gasteiger partial charge >= 0.3 is 5.51 Å². The maximum Gasteiger partial charge on any atom is 0.479 e. The summed E-state index contributed by atoms with van der Waals surface area (Å²) >= 11 is -0.667. The second-order valence-corrected chi connectivity index (χ2v) is 4.41. The predicted molar refractivity (Wildman–Crippen MR) is 58.1 cm³/mol. The number of ketones is 1. The third-order valence-electron chi connectivity index (χ3n) is 2.50. The van der Waals surface area contributed by atoms with Gasteiger partial charge in [-0.2, -0.15) is 18.4 Å². The van der Waals surface area contributed by atoms with E-state index in [0.717, 1.165) is 0 Å². The minimum atomic E-state index is -4.54. The Bertz CT molecular complexity index is 548. The molecule has 1 aromatic carbocycles. The maximum atomic E-state index is 12.0. The quantitative estimate of drug-likeness (QED) is 0.776. The second-order valence-electron chi connectivity index (χ2n) is 3.61. The number of hydrogen-bond acceptors (Lipinski definition) is 4. The fraction of sp³-hybridized carbons (Fsp3) is 0.273. The number of carbonyl (C=O) groups excluding carboxylic acids is 1. The molecule has 1 aromatic rings. The van der Waals surface area contributed by atoms with Gasteiger partial charge in [-0.25, -0.2) is 0 Å². The van der Waals surface area contributed by atoms with Gasteiger partial charge in [0.15, 0.2) is 17.8 Å². The first-order valence-corrected chi connectivity index (χ1v) is 5.68. The molecule has 7 heteroatoms. The Morgan fingerprint density at radius 2 is 2.06 bits per heavy atom. The molecule has 1 aliphatic carbocycles. The molecule has 0 aliphatic heterocycles. The number of alkyl halides is 3. The first kappa shape index (κ1) is 12.8. The van der Waals surface area contributed by atoms with E-state index in [2.05, 4.69) is 4.18 Å². The Morgan fingerprint density at radius 3 is 2.67 bits per heavy atom. The van der Waals surface area contributed by atoms with Crippen molar-refractivity contribution in [1.29, 1.82) is 5.26 Å². The van der Waals surface area contributed by atoms with Crippen LogP contribution in [0.5, 0.6) is 5.75 Å². The lowest BCUT2D eigenvalue weighted by molar-refractivity contribution is -0.0369. The van der Waals surface area contributed by atoms with Crippen molar-refractivity contribution in [2.75, 3.05) is 0 Å². The van der Waals surface area contributed by atoms with Crippen LogP contribution in [0.25, 0.3) is 0 Å². The number of nitriles is 1. The van der Waals surface area contributed by atoms with Crippen molar-refractivity contribution < 1.29 is 22.1 Å². The third-order valence-corrected chi connectivity index (χ3v) is 2.95. The van der Waals surface area contributed by atoms with Gasteiger partial charge in [0.1, 0.15) is 5.75 Å². The summed E-state index contributed by atoms with van der Waals surface area (Å²) in [5.74, 6) is -0.423. The van der Waals surface area contributed by atoms with Crippen LogP contribution < -0.4 is 4.18 Å². The number of halogens is 3. The SMILES string of the molecule is N#Cc1ccc(OSC(F)(F)F)c2c1CCC2=O. The zero-order chi connectivity index (χ0) is 13.3. The summed E-state index contributed by atoms with van der Waals surface area (Å²) < 4.78 is 40.7. The number of Topliss-reactive ketones (excluding diaryl/α,β-unsaturated/α-hetero) is 1. The van der Waals surface area contributed by atoms with E-state index in [1.54, 1.807) is 0 Å². The first-order chi connectivity index (χ1) is 8.42. The number of hydrogen-bond donors (Lipinski definition) is 0. The van der Waals surface area contributed by atoms with E-state index in [9.17, 15) is 18.0 Å². The Morgan fingerprint density at radius 1 is 1.33 bits per heavy atom. The van der Waals surface area contributed by atoms with Gasteiger partial charge in [0.25, 0.3) is 0 Å². The van der Waals surface area contributed by atoms with Crippen LogP contribution >= 0.6 is 12.0 Å². The number of benzene rings is 1. The minimum absolute atomic E-state index is 0.103. The molecule has 0 aromatic heterocycles. The van der Waals surface area contributed by atoms with Gasteiger partial charge in [-0.1, -0.05) is 0 Å². The van der Waals surface area contributed by atoms with Crippen molar-refractivity contribution in [2.45, 2.75) is 18.3 Å². The van der Waals surface area contributed by atoms with E-state index in [1.807, 2.05) is 6.07 Å². The van der Waals surface area contributed by atoms with Crippen molar-refractivity contribution in [2.24, 2.45) is 0 Å². The smallest absolute Gasteiger partial charge is 0.416 e. The van der Waals surface area contributed by atoms with E-state index in [-0.39, 0.29) is 23.5 Å². The monoisotopic (exact) mass is 273 g/mol. The Kier molecular flexibility index (Phi) is 3.22. The van der Waals surface area contributed by atoms with Gasteiger partial charge in [0, 0.05) is 6.42 Å². The van der Waals surface area contributed by atoms with Gasteiger partial charge < -0.3 is 4.18 Å². The molecule has 94 valence electrons. The van der Waals surface area contributed by atoms with Gasteiger partial charge in [-0.05, 0) is 24.1 Å². The molecule has 2 rings (SSSR count). The standard InChI is InChI=1S/C11H6F3NO2S/c12-11(13,14)18-17-9-4-1-6(5-15)7-2-3-8(16)10(7)9/h1,4H,2-3H2. The molecular formula is C11H6F3NO2S. The summed E-state index contributed by atoms with van der Waals surface area (Å²) in [6.07, 6.45) is 0.562. The van der Waals surface area contributed by atoms with E-state index < -0.39 is 17.6 Å². The molecule has 0 unspecified atom stereocenters. The topological polar surface area (TPSA) is 50.1 Å². The summed E-state index contributed by atoms with van der Waals surface area (Å²) in [5.41, 5.74) is -3.66. The average molecular weight is 273 g/mol. The Labute approximate surface area is 105 Å². The van der Waals surface area contributed by atoms with Gasteiger partial charge in [0.2, 0.25) is 0 Å². The normalized spacial score (nSPS) is 14.2. The van der Waals surface area contributed by atoms with Crippen LogP contribution in [0.1, 0.15) is 27.9 Å². The zero-order valence-electron chi connectivity index (χ0n) is 8.87. The highest BCUT2D eigenvalue weighted by molar-refractivity contribution is 7.95. The fourth-order valence-corrected chi connectivity index (χ4v) is 2.14. The molecule has 3 nitrogen and oxygen atoms in total. The lowest BCUT2D eigenvalue weighted by atomic mass is 10.0. The van der Waals surface area contributed by atoms with Crippen LogP contribution in [0.2, 0.25) is 0 Å². The van der Waals surface area contributed by atoms with Gasteiger partial charge in [0.05, 0.1) is 17.2 Å². The molecule has 18 heavy (non-hydrogen) atoms. The summed E-state index contributed by atoms with van der Waals surface area (Å²) in [5, 5.41) is 8.85. The van der Waals surface area contributed by atoms with Gasteiger partial charge in [-0.3, -0.25) is 4.79 Å². The van der Waals surface area contributed by atoms with Crippen LogP contribution in [0, 0.1) is 11.3 Å². The highest BCUT2D eigenvalue weighted by Gasteiger charge is 2.33. The lowest BCUT2D eigenvalue weighted by Gasteiger charge is -2.10. The van der Waals surface area contributed by atoms with Crippen LogP contribution in [0.4, 0.5) is 13.2 Å². The van der Waals surface area contributed by atoms with Crippen molar-refractivity contribution in [3.63, 3.8) is 0 Å². The molecule has 0 N–H and O–H groups in total. The van der Waals surface area contributed by atoms with Crippen molar-refractivity contribution in [3.8, 4) is 11.8 Å². The molecule has 0 heterocycles. The Hall–Kier alpha value is -1.68. The van der Waals surface area contributed by atoms with Crippen LogP contribution in [0.15, 0.2) is 12.1 Å². The lowest BCUT2D eigenvalue weighted by Crippen LogP contribution is -2.05. The second kappa shape index (κ2) is 4.53. The highest BCUT2D eigenvalue weighted by Crippen LogP contribution is 2.38. The largest absolute Gasteiger partial charge is 0.479 e. The summed E-state index contributed by atoms with van der Waals surface area (Å²) in [6, 6.07) is 4.50. The molecular weight excluding hydrogens is 267 g/mol. The third kappa shape index (κ3) is 2.43. The van der Waals surface area contributed by atoms with Gasteiger partial charge in [-0.15, -0.1) is 0 Å². The summed E-state index contributed by atoms with van der Waals surface area (Å²) in [4.78, 5) is 11.6. The van der Waals surface area contributed by atoms with E-state index in [1.165, 1.54) is 12.1 Å². The summed E-state index contributed by atoms with van der Waals surface area (Å²) in [7, 11) is 0. The highest BCUT2D eigenvalue weighted by atomic mass is 32.2. The summed E-state index contributed by atoms with van der Waals surface area (Å²) in [6.45, 7) is 0.